The van der Waals surface area contributed by atoms with E-state index in [-0.39, 0.29) is 11.7 Å². The van der Waals surface area contributed by atoms with Crippen molar-refractivity contribution in [1.82, 2.24) is 34.4 Å². The van der Waals surface area contributed by atoms with E-state index in [0.717, 1.165) is 87.1 Å². The molecule has 0 bridgehead atoms. The van der Waals surface area contributed by atoms with Gasteiger partial charge in [-0.05, 0) is 55.8 Å². The van der Waals surface area contributed by atoms with E-state index in [4.69, 9.17) is 4.98 Å². The topological polar surface area (TPSA) is 93.4 Å². The van der Waals surface area contributed by atoms with Crippen molar-refractivity contribution in [1.29, 1.82) is 0 Å². The maximum atomic E-state index is 13.8. The smallest absolute Gasteiger partial charge is 0.329 e. The quantitative estimate of drug-likeness (QED) is 0.277. The molecule has 0 unspecified atom stereocenters. The number of aromatic nitrogens is 6. The zero-order chi connectivity index (χ0) is 28.0. The second kappa shape index (κ2) is 10.1. The van der Waals surface area contributed by atoms with Crippen molar-refractivity contribution in [2.75, 3.05) is 13.1 Å². The first-order chi connectivity index (χ1) is 20.7. The van der Waals surface area contributed by atoms with Crippen LogP contribution in [0.5, 0.6) is 0 Å². The summed E-state index contributed by atoms with van der Waals surface area (Å²) in [5.41, 5.74) is 10.4. The number of hydrogen-bond acceptors (Lipinski definition) is 5. The van der Waals surface area contributed by atoms with Gasteiger partial charge in [0.25, 0.3) is 0 Å². The number of fused-ring (bicyclic) bond motifs is 3. The highest BCUT2D eigenvalue weighted by Gasteiger charge is 2.22. The number of imidazole rings is 2. The van der Waals surface area contributed by atoms with Crippen molar-refractivity contribution in [3.05, 3.63) is 113 Å². The molecular formula is C34H29N7O. The summed E-state index contributed by atoms with van der Waals surface area (Å²) in [5, 5.41) is 3.41. The maximum Gasteiger partial charge on any atom is 0.329 e. The van der Waals surface area contributed by atoms with E-state index in [2.05, 4.69) is 68.8 Å². The van der Waals surface area contributed by atoms with Gasteiger partial charge in [0.2, 0.25) is 0 Å². The third-order valence-electron chi connectivity index (χ3n) is 8.39. The van der Waals surface area contributed by atoms with E-state index in [0.29, 0.717) is 6.54 Å². The van der Waals surface area contributed by atoms with Crippen LogP contribution in [0, 0.1) is 0 Å². The molecule has 0 atom stereocenters. The third kappa shape index (κ3) is 4.19. The lowest BCUT2D eigenvalue weighted by molar-refractivity contribution is 0.365. The highest BCUT2D eigenvalue weighted by atomic mass is 16.1. The first-order valence-corrected chi connectivity index (χ1v) is 14.4. The van der Waals surface area contributed by atoms with Gasteiger partial charge in [0.1, 0.15) is 6.33 Å². The van der Waals surface area contributed by atoms with E-state index >= 15 is 0 Å². The van der Waals surface area contributed by atoms with Crippen LogP contribution in [-0.2, 0) is 6.54 Å². The van der Waals surface area contributed by atoms with Gasteiger partial charge >= 0.3 is 5.69 Å². The van der Waals surface area contributed by atoms with Crippen LogP contribution in [-0.4, -0.2) is 42.2 Å². The molecule has 206 valence electrons. The Kier molecular flexibility index (Phi) is 5.93. The Morgan fingerprint density at radius 3 is 2.26 bits per heavy atom. The largest absolute Gasteiger partial charge is 0.351 e. The number of benzene rings is 4. The number of para-hydroxylation sites is 2. The number of H-pyrrole nitrogens is 1. The standard InChI is InChI=1S/C34H29N7O/c42-34-40(30-8-4-5-9-31(30)41(34)25-14-16-35-17-15-25)20-22-10-12-24(13-11-22)33-32(23-6-2-1-3-7-23)38-28-18-26-27(37-21-36-26)19-29(28)39-33/h1-13,18-19,21,25,35,39H,14-17,20H2. The minimum atomic E-state index is 0.0625. The molecule has 4 aromatic carbocycles. The van der Waals surface area contributed by atoms with Crippen molar-refractivity contribution >= 4 is 33.1 Å². The lowest BCUT2D eigenvalue weighted by Crippen LogP contribution is -2.35. The van der Waals surface area contributed by atoms with E-state index in [1.807, 2.05) is 51.6 Å². The first kappa shape index (κ1) is 24.7. The van der Waals surface area contributed by atoms with Crippen LogP contribution in [0.15, 0.2) is 102 Å². The average Bonchev–Trinajstić information content (AvgIpc) is 3.61. The molecule has 3 aromatic heterocycles. The van der Waals surface area contributed by atoms with Crippen molar-refractivity contribution < 1.29 is 0 Å². The summed E-state index contributed by atoms with van der Waals surface area (Å²) in [6.45, 7) is 2.39. The third-order valence-corrected chi connectivity index (χ3v) is 8.39. The molecule has 4 heterocycles. The van der Waals surface area contributed by atoms with Gasteiger partial charge in [0, 0.05) is 17.2 Å². The number of rotatable bonds is 5. The molecule has 0 saturated carbocycles. The number of nitrogens with zero attached hydrogens (tertiary/aromatic N) is 5. The summed E-state index contributed by atoms with van der Waals surface area (Å²) in [4.78, 5) is 31.2. The molecule has 1 aliphatic heterocycles. The van der Waals surface area contributed by atoms with Gasteiger partial charge in [-0.1, -0.05) is 66.7 Å². The minimum Gasteiger partial charge on any atom is -0.351 e. The zero-order valence-corrected chi connectivity index (χ0v) is 23.0. The molecule has 1 saturated heterocycles. The monoisotopic (exact) mass is 551 g/mol. The van der Waals surface area contributed by atoms with E-state index in [1.165, 1.54) is 0 Å². The lowest BCUT2D eigenvalue weighted by Gasteiger charge is -2.23. The van der Waals surface area contributed by atoms with Crippen LogP contribution in [0.2, 0.25) is 0 Å². The predicted molar refractivity (Wildman–Crippen MR) is 167 cm³/mol. The molecule has 8 rings (SSSR count). The summed E-state index contributed by atoms with van der Waals surface area (Å²) in [5.74, 6) is 0. The average molecular weight is 552 g/mol. The van der Waals surface area contributed by atoms with Gasteiger partial charge in [-0.3, -0.25) is 9.13 Å². The molecule has 0 spiro atoms. The van der Waals surface area contributed by atoms with Crippen LogP contribution in [0.25, 0.3) is 55.6 Å². The van der Waals surface area contributed by atoms with Gasteiger partial charge in [-0.2, -0.15) is 0 Å². The summed E-state index contributed by atoms with van der Waals surface area (Å²) in [6, 6.07) is 31.0. The number of hydrogen-bond donors (Lipinski definition) is 2. The van der Waals surface area contributed by atoms with E-state index in [9.17, 15) is 4.79 Å². The van der Waals surface area contributed by atoms with Gasteiger partial charge in [0.05, 0.1) is 51.0 Å². The molecule has 7 aromatic rings. The molecule has 0 amide bonds. The fourth-order valence-corrected chi connectivity index (χ4v) is 6.26. The Morgan fingerprint density at radius 1 is 0.762 bits per heavy atom. The van der Waals surface area contributed by atoms with Crippen molar-refractivity contribution in [3.8, 4) is 22.5 Å². The summed E-state index contributed by atoms with van der Waals surface area (Å²) >= 11 is 0. The van der Waals surface area contributed by atoms with E-state index in [1.54, 1.807) is 6.33 Å². The van der Waals surface area contributed by atoms with Gasteiger partial charge < -0.3 is 10.3 Å². The van der Waals surface area contributed by atoms with Crippen molar-refractivity contribution in [2.45, 2.75) is 25.4 Å². The van der Waals surface area contributed by atoms with Gasteiger partial charge in [0.15, 0.2) is 0 Å². The molecule has 0 aliphatic carbocycles. The molecule has 1 aliphatic rings. The fourth-order valence-electron chi connectivity index (χ4n) is 6.26. The maximum absolute atomic E-state index is 13.8. The number of piperidine rings is 1. The zero-order valence-electron chi connectivity index (χ0n) is 23.0. The van der Waals surface area contributed by atoms with Crippen molar-refractivity contribution in [2.24, 2.45) is 0 Å². The summed E-state index contributed by atoms with van der Waals surface area (Å²) < 4.78 is 3.93. The summed E-state index contributed by atoms with van der Waals surface area (Å²) in [6.07, 6.45) is 3.51. The second-order valence-corrected chi connectivity index (χ2v) is 11.0. The fraction of sp³-hybridized carbons (Fsp3) is 0.176. The van der Waals surface area contributed by atoms with E-state index < -0.39 is 0 Å². The molecule has 42 heavy (non-hydrogen) atoms. The van der Waals surface area contributed by atoms with Crippen LogP contribution >= 0.6 is 0 Å². The van der Waals surface area contributed by atoms with Crippen LogP contribution in [0.3, 0.4) is 0 Å². The molecule has 8 heteroatoms. The molecule has 0 radical (unpaired) electrons. The predicted octanol–water partition coefficient (Wildman–Crippen LogP) is 5.93. The highest BCUT2D eigenvalue weighted by Crippen LogP contribution is 2.32. The normalized spacial score (nSPS) is 14.3. The molecule has 2 N–H and O–H groups in total. The highest BCUT2D eigenvalue weighted by molar-refractivity contribution is 5.94. The second-order valence-electron chi connectivity index (χ2n) is 11.0. The van der Waals surface area contributed by atoms with Crippen LogP contribution in [0.4, 0.5) is 0 Å². The lowest BCUT2D eigenvalue weighted by atomic mass is 10.0. The molecule has 8 nitrogen and oxygen atoms in total. The Bertz CT molecular complexity index is 2120. The number of aromatic amines is 1. The van der Waals surface area contributed by atoms with Crippen LogP contribution in [0.1, 0.15) is 24.4 Å². The van der Waals surface area contributed by atoms with Crippen LogP contribution < -0.4 is 11.0 Å². The molecular weight excluding hydrogens is 522 g/mol. The Balaban J connectivity index is 1.20. The Morgan fingerprint density at radius 2 is 1.48 bits per heavy atom. The SMILES string of the molecule is O=c1n(Cc2ccc(-c3[nH]c4cc5ncnc5cc4nc3-c3ccccc3)cc2)c2ccccc2n1C1CCNCC1. The molecule has 1 fully saturated rings. The van der Waals surface area contributed by atoms with Gasteiger partial charge in [-0.25, -0.2) is 19.7 Å². The van der Waals surface area contributed by atoms with Gasteiger partial charge in [-0.15, -0.1) is 0 Å². The minimum absolute atomic E-state index is 0.0625. The summed E-state index contributed by atoms with van der Waals surface area (Å²) in [7, 11) is 0. The first-order valence-electron chi connectivity index (χ1n) is 14.4. The Labute approximate surface area is 241 Å². The Hall–Kier alpha value is -5.08. The number of nitrogens with one attached hydrogen (secondary N) is 2. The van der Waals surface area contributed by atoms with Crippen molar-refractivity contribution in [3.63, 3.8) is 0 Å².